The molecule has 0 aliphatic carbocycles. The van der Waals surface area contributed by atoms with E-state index in [1.165, 1.54) is 5.56 Å². The zero-order valence-corrected chi connectivity index (χ0v) is 10.9. The van der Waals surface area contributed by atoms with E-state index in [-0.39, 0.29) is 6.10 Å². The maximum Gasteiger partial charge on any atom is 0.0662 e. The van der Waals surface area contributed by atoms with Gasteiger partial charge in [0.05, 0.1) is 6.10 Å². The van der Waals surface area contributed by atoms with E-state index in [0.717, 1.165) is 26.1 Å². The van der Waals surface area contributed by atoms with Gasteiger partial charge in [0.2, 0.25) is 0 Å². The topological polar surface area (TPSA) is 35.5 Å². The van der Waals surface area contributed by atoms with E-state index < -0.39 is 0 Å². The maximum atomic E-state index is 9.38. The Bertz CT molecular complexity index is 290. The molecule has 0 bridgehead atoms. The van der Waals surface area contributed by atoms with Crippen molar-refractivity contribution in [3.8, 4) is 0 Å². The first kappa shape index (κ1) is 14.2. The highest BCUT2D eigenvalue weighted by molar-refractivity contribution is 5.14. The first-order valence-corrected chi connectivity index (χ1v) is 6.33. The number of aliphatic hydroxyl groups is 1. The van der Waals surface area contributed by atoms with Crippen LogP contribution in [0.15, 0.2) is 30.3 Å². The summed E-state index contributed by atoms with van der Waals surface area (Å²) in [6, 6.07) is 10.5. The molecule has 0 aliphatic heterocycles. The van der Waals surface area contributed by atoms with Crippen LogP contribution in [0.3, 0.4) is 0 Å². The largest absolute Gasteiger partial charge is 0.392 e. The maximum absolute atomic E-state index is 9.38. The van der Waals surface area contributed by atoms with Crippen molar-refractivity contribution in [2.75, 3.05) is 26.7 Å². The van der Waals surface area contributed by atoms with Crippen LogP contribution in [0.5, 0.6) is 0 Å². The van der Waals surface area contributed by atoms with Crippen LogP contribution in [0.2, 0.25) is 0 Å². The standard InChI is InChI=1S/C14H24N2O/c1-3-14(17)11-15-9-10-16(2)12-13-7-5-4-6-8-13/h4-8,14-15,17H,3,9-12H2,1-2H3/t14-/m0/s1. The number of aliphatic hydroxyl groups excluding tert-OH is 1. The van der Waals surface area contributed by atoms with Crippen molar-refractivity contribution in [3.05, 3.63) is 35.9 Å². The second kappa shape index (κ2) is 8.23. The molecule has 2 N–H and O–H groups in total. The molecule has 1 rings (SSSR count). The minimum absolute atomic E-state index is 0.213. The molecule has 0 spiro atoms. The lowest BCUT2D eigenvalue weighted by molar-refractivity contribution is 0.166. The zero-order chi connectivity index (χ0) is 12.5. The fourth-order valence-corrected chi connectivity index (χ4v) is 1.66. The van der Waals surface area contributed by atoms with Crippen LogP contribution >= 0.6 is 0 Å². The summed E-state index contributed by atoms with van der Waals surface area (Å²) < 4.78 is 0. The van der Waals surface area contributed by atoms with Crippen molar-refractivity contribution in [1.29, 1.82) is 0 Å². The predicted octanol–water partition coefficient (Wildman–Crippen LogP) is 1.48. The number of rotatable bonds is 8. The molecule has 0 radical (unpaired) electrons. The average molecular weight is 236 g/mol. The molecule has 1 atom stereocenters. The third-order valence-electron chi connectivity index (χ3n) is 2.82. The van der Waals surface area contributed by atoms with Gasteiger partial charge in [0.15, 0.2) is 0 Å². The molecule has 0 aromatic heterocycles. The Morgan fingerprint density at radius 3 is 2.65 bits per heavy atom. The fourth-order valence-electron chi connectivity index (χ4n) is 1.66. The molecule has 17 heavy (non-hydrogen) atoms. The van der Waals surface area contributed by atoms with Crippen molar-refractivity contribution in [1.82, 2.24) is 10.2 Å². The van der Waals surface area contributed by atoms with Crippen molar-refractivity contribution < 1.29 is 5.11 Å². The number of hydrogen-bond donors (Lipinski definition) is 2. The van der Waals surface area contributed by atoms with Gasteiger partial charge in [0, 0.05) is 26.2 Å². The van der Waals surface area contributed by atoms with E-state index in [1.807, 2.05) is 13.0 Å². The monoisotopic (exact) mass is 236 g/mol. The lowest BCUT2D eigenvalue weighted by Crippen LogP contribution is -2.33. The molecule has 1 aromatic rings. The van der Waals surface area contributed by atoms with Gasteiger partial charge in [-0.05, 0) is 19.0 Å². The highest BCUT2D eigenvalue weighted by Gasteiger charge is 2.01. The summed E-state index contributed by atoms with van der Waals surface area (Å²) in [7, 11) is 2.12. The van der Waals surface area contributed by atoms with Crippen LogP contribution in [0.25, 0.3) is 0 Å². The van der Waals surface area contributed by atoms with Gasteiger partial charge in [0.25, 0.3) is 0 Å². The Labute approximate surface area is 104 Å². The van der Waals surface area contributed by atoms with Crippen molar-refractivity contribution in [3.63, 3.8) is 0 Å². The van der Waals surface area contributed by atoms with Gasteiger partial charge in [0.1, 0.15) is 0 Å². The van der Waals surface area contributed by atoms with Crippen molar-refractivity contribution >= 4 is 0 Å². The minimum Gasteiger partial charge on any atom is -0.392 e. The Kier molecular flexibility index (Phi) is 6.86. The van der Waals surface area contributed by atoms with Gasteiger partial charge in [-0.15, -0.1) is 0 Å². The first-order chi connectivity index (χ1) is 8.22. The van der Waals surface area contributed by atoms with Crippen molar-refractivity contribution in [2.24, 2.45) is 0 Å². The van der Waals surface area contributed by atoms with Gasteiger partial charge < -0.3 is 15.3 Å². The number of benzene rings is 1. The Morgan fingerprint density at radius 1 is 1.29 bits per heavy atom. The lowest BCUT2D eigenvalue weighted by atomic mass is 10.2. The summed E-state index contributed by atoms with van der Waals surface area (Å²) in [5, 5.41) is 12.6. The first-order valence-electron chi connectivity index (χ1n) is 6.33. The van der Waals surface area contributed by atoms with Crippen LogP contribution in [0.4, 0.5) is 0 Å². The molecule has 0 aliphatic rings. The predicted molar refractivity (Wildman–Crippen MR) is 71.9 cm³/mol. The molecule has 0 heterocycles. The summed E-state index contributed by atoms with van der Waals surface area (Å²) in [6.45, 7) is 5.56. The van der Waals surface area contributed by atoms with E-state index in [4.69, 9.17) is 0 Å². The second-order valence-corrected chi connectivity index (χ2v) is 4.49. The van der Waals surface area contributed by atoms with Gasteiger partial charge >= 0.3 is 0 Å². The molecule has 1 aromatic carbocycles. The van der Waals surface area contributed by atoms with Gasteiger partial charge in [-0.3, -0.25) is 0 Å². The van der Waals surface area contributed by atoms with E-state index in [1.54, 1.807) is 0 Å². The Balaban J connectivity index is 2.11. The Hall–Kier alpha value is -0.900. The van der Waals surface area contributed by atoms with Crippen LogP contribution in [0.1, 0.15) is 18.9 Å². The lowest BCUT2D eigenvalue weighted by Gasteiger charge is -2.17. The van der Waals surface area contributed by atoms with E-state index >= 15 is 0 Å². The number of likely N-dealkylation sites (N-methyl/N-ethyl adjacent to an activating group) is 1. The Morgan fingerprint density at radius 2 is 2.00 bits per heavy atom. The van der Waals surface area contributed by atoms with Crippen molar-refractivity contribution in [2.45, 2.75) is 26.0 Å². The third-order valence-corrected chi connectivity index (χ3v) is 2.82. The molecule has 96 valence electrons. The van der Waals surface area contributed by atoms with E-state index in [9.17, 15) is 5.11 Å². The SMILES string of the molecule is CC[C@H](O)CNCCN(C)Cc1ccccc1. The molecule has 0 saturated heterocycles. The normalized spacial score (nSPS) is 12.9. The number of hydrogen-bond acceptors (Lipinski definition) is 3. The number of nitrogens with one attached hydrogen (secondary N) is 1. The third kappa shape index (κ3) is 6.41. The molecule has 0 unspecified atom stereocenters. The highest BCUT2D eigenvalue weighted by Crippen LogP contribution is 2.01. The quantitative estimate of drug-likeness (QED) is 0.671. The highest BCUT2D eigenvalue weighted by atomic mass is 16.3. The summed E-state index contributed by atoms with van der Waals surface area (Å²) in [5.41, 5.74) is 1.34. The van der Waals surface area contributed by atoms with Crippen LogP contribution in [0, 0.1) is 0 Å². The molecule has 0 saturated carbocycles. The fraction of sp³-hybridized carbons (Fsp3) is 0.571. The average Bonchev–Trinajstić information content (AvgIpc) is 2.35. The summed E-state index contributed by atoms with van der Waals surface area (Å²) in [4.78, 5) is 2.28. The van der Waals surface area contributed by atoms with Gasteiger partial charge in [-0.25, -0.2) is 0 Å². The number of nitrogens with zero attached hydrogens (tertiary/aromatic N) is 1. The summed E-state index contributed by atoms with van der Waals surface area (Å²) >= 11 is 0. The second-order valence-electron chi connectivity index (χ2n) is 4.49. The molecular formula is C14H24N2O. The van der Waals surface area contributed by atoms with Crippen LogP contribution in [-0.4, -0.2) is 42.8 Å². The van der Waals surface area contributed by atoms with E-state index in [2.05, 4.69) is 41.5 Å². The zero-order valence-electron chi connectivity index (χ0n) is 10.9. The van der Waals surface area contributed by atoms with Gasteiger partial charge in [-0.1, -0.05) is 37.3 Å². The smallest absolute Gasteiger partial charge is 0.0662 e. The molecule has 3 nitrogen and oxygen atoms in total. The van der Waals surface area contributed by atoms with Crippen LogP contribution < -0.4 is 5.32 Å². The van der Waals surface area contributed by atoms with Crippen LogP contribution in [-0.2, 0) is 6.54 Å². The van der Waals surface area contributed by atoms with E-state index in [0.29, 0.717) is 6.54 Å². The summed E-state index contributed by atoms with van der Waals surface area (Å²) in [5.74, 6) is 0. The molecule has 0 amide bonds. The van der Waals surface area contributed by atoms with Gasteiger partial charge in [-0.2, -0.15) is 0 Å². The molecule has 0 fully saturated rings. The molecule has 3 heteroatoms. The minimum atomic E-state index is -0.213. The molecular weight excluding hydrogens is 212 g/mol. The summed E-state index contributed by atoms with van der Waals surface area (Å²) in [6.07, 6.45) is 0.599.